The molecule has 7 heteroatoms. The Balaban J connectivity index is 2.21. The Labute approximate surface area is 136 Å². The molecule has 2 heterocycles. The molecule has 0 amide bonds. The average molecular weight is 335 g/mol. The van der Waals surface area contributed by atoms with Crippen molar-refractivity contribution in [3.05, 3.63) is 60.2 Å². The highest BCUT2D eigenvalue weighted by Crippen LogP contribution is 2.32. The van der Waals surface area contributed by atoms with Gasteiger partial charge < -0.3 is 0 Å². The number of thiol groups is 1. The largest absolute Gasteiger partial charge is 0.434 e. The molecular weight excluding hydrogens is 323 g/mol. The standard InChI is InChI=1S/C16H12F3N3S/c1-10-6-11(8-20-7-10)15-21-14(16(17,18)19)9-22(15)12-2-4-13(23)5-3-12/h2-9,23H,1H3. The summed E-state index contributed by atoms with van der Waals surface area (Å²) in [6.45, 7) is 1.82. The van der Waals surface area contributed by atoms with Gasteiger partial charge in [-0.3, -0.25) is 9.55 Å². The zero-order valence-corrected chi connectivity index (χ0v) is 12.9. The summed E-state index contributed by atoms with van der Waals surface area (Å²) in [7, 11) is 0. The van der Waals surface area contributed by atoms with Crippen LogP contribution in [0.1, 0.15) is 11.3 Å². The van der Waals surface area contributed by atoms with Crippen LogP contribution in [0.2, 0.25) is 0 Å². The lowest BCUT2D eigenvalue weighted by atomic mass is 10.2. The smallest absolute Gasteiger partial charge is 0.299 e. The minimum Gasteiger partial charge on any atom is -0.299 e. The summed E-state index contributed by atoms with van der Waals surface area (Å²) >= 11 is 4.19. The van der Waals surface area contributed by atoms with Gasteiger partial charge in [0.25, 0.3) is 0 Å². The topological polar surface area (TPSA) is 30.7 Å². The van der Waals surface area contributed by atoms with Crippen molar-refractivity contribution in [2.24, 2.45) is 0 Å². The van der Waals surface area contributed by atoms with Crippen LogP contribution < -0.4 is 0 Å². The molecule has 2 aromatic heterocycles. The first-order valence-electron chi connectivity index (χ1n) is 6.72. The lowest BCUT2D eigenvalue weighted by Crippen LogP contribution is -2.05. The number of nitrogens with zero attached hydrogens (tertiary/aromatic N) is 3. The van der Waals surface area contributed by atoms with Crippen LogP contribution in [-0.4, -0.2) is 14.5 Å². The number of benzene rings is 1. The zero-order valence-electron chi connectivity index (χ0n) is 12.0. The highest BCUT2D eigenvalue weighted by atomic mass is 32.1. The van der Waals surface area contributed by atoms with E-state index in [2.05, 4.69) is 22.6 Å². The lowest BCUT2D eigenvalue weighted by molar-refractivity contribution is -0.140. The number of hydrogen-bond acceptors (Lipinski definition) is 3. The second-order valence-corrected chi connectivity index (χ2v) is 5.60. The van der Waals surface area contributed by atoms with Gasteiger partial charge in [-0.1, -0.05) is 0 Å². The van der Waals surface area contributed by atoms with E-state index in [1.807, 2.05) is 6.92 Å². The minimum absolute atomic E-state index is 0.195. The number of halogens is 3. The van der Waals surface area contributed by atoms with Crippen molar-refractivity contribution < 1.29 is 13.2 Å². The van der Waals surface area contributed by atoms with Gasteiger partial charge in [-0.15, -0.1) is 12.6 Å². The van der Waals surface area contributed by atoms with Gasteiger partial charge in [-0.05, 0) is 42.8 Å². The molecule has 3 aromatic rings. The summed E-state index contributed by atoms with van der Waals surface area (Å²) in [6, 6.07) is 8.56. The fraction of sp³-hybridized carbons (Fsp3) is 0.125. The van der Waals surface area contributed by atoms with Crippen LogP contribution in [-0.2, 0) is 6.18 Å². The van der Waals surface area contributed by atoms with Crippen LogP contribution in [0.4, 0.5) is 13.2 Å². The fourth-order valence-corrected chi connectivity index (χ4v) is 2.36. The maximum Gasteiger partial charge on any atom is 0.434 e. The molecule has 0 saturated carbocycles. The fourth-order valence-electron chi connectivity index (χ4n) is 2.21. The van der Waals surface area contributed by atoms with E-state index >= 15 is 0 Å². The van der Waals surface area contributed by atoms with Crippen LogP contribution in [0, 0.1) is 6.92 Å². The number of imidazole rings is 1. The first kappa shape index (κ1) is 15.6. The number of pyridine rings is 1. The Bertz CT molecular complexity index is 839. The molecular formula is C16H12F3N3S. The molecule has 0 N–H and O–H groups in total. The molecule has 0 atom stereocenters. The second kappa shape index (κ2) is 5.73. The van der Waals surface area contributed by atoms with Crippen molar-refractivity contribution in [2.45, 2.75) is 18.0 Å². The number of aryl methyl sites for hydroxylation is 1. The molecule has 118 valence electrons. The maximum absolute atomic E-state index is 13.1. The SMILES string of the molecule is Cc1cncc(-c2nc(C(F)(F)F)cn2-c2ccc(S)cc2)c1. The van der Waals surface area contributed by atoms with Gasteiger partial charge in [0.05, 0.1) is 0 Å². The van der Waals surface area contributed by atoms with Gasteiger partial charge in [0.15, 0.2) is 5.69 Å². The summed E-state index contributed by atoms with van der Waals surface area (Å²) in [6.07, 6.45) is -0.387. The molecule has 0 aliphatic carbocycles. The molecule has 0 spiro atoms. The van der Waals surface area contributed by atoms with Crippen molar-refractivity contribution in [1.29, 1.82) is 0 Å². The van der Waals surface area contributed by atoms with Crippen LogP contribution >= 0.6 is 12.6 Å². The van der Waals surface area contributed by atoms with Gasteiger partial charge in [-0.25, -0.2) is 4.98 Å². The highest BCUT2D eigenvalue weighted by molar-refractivity contribution is 7.80. The molecule has 0 aliphatic rings. The third kappa shape index (κ3) is 3.24. The molecule has 23 heavy (non-hydrogen) atoms. The second-order valence-electron chi connectivity index (χ2n) is 5.08. The van der Waals surface area contributed by atoms with Gasteiger partial charge in [-0.2, -0.15) is 13.2 Å². The van der Waals surface area contributed by atoms with Crippen molar-refractivity contribution >= 4 is 12.6 Å². The third-order valence-corrected chi connectivity index (χ3v) is 3.56. The number of rotatable bonds is 2. The molecule has 3 rings (SSSR count). The average Bonchev–Trinajstić information content (AvgIpc) is 2.93. The van der Waals surface area contributed by atoms with Gasteiger partial charge in [0, 0.05) is 34.7 Å². The first-order valence-corrected chi connectivity index (χ1v) is 7.17. The summed E-state index contributed by atoms with van der Waals surface area (Å²) in [5, 5.41) is 0. The van der Waals surface area contributed by atoms with Gasteiger partial charge >= 0.3 is 6.18 Å². The van der Waals surface area contributed by atoms with Crippen molar-refractivity contribution in [1.82, 2.24) is 14.5 Å². The van der Waals surface area contributed by atoms with E-state index in [9.17, 15) is 13.2 Å². The number of aromatic nitrogens is 3. The van der Waals surface area contributed by atoms with Crippen molar-refractivity contribution in [3.63, 3.8) is 0 Å². The normalized spacial score (nSPS) is 11.7. The Morgan fingerprint density at radius 3 is 2.39 bits per heavy atom. The predicted molar refractivity (Wildman–Crippen MR) is 83.8 cm³/mol. The summed E-state index contributed by atoms with van der Waals surface area (Å²) < 4.78 is 40.6. The Morgan fingerprint density at radius 2 is 1.78 bits per heavy atom. The van der Waals surface area contributed by atoms with E-state index < -0.39 is 11.9 Å². The summed E-state index contributed by atoms with van der Waals surface area (Å²) in [5.74, 6) is 0.195. The van der Waals surface area contributed by atoms with Crippen LogP contribution in [0.25, 0.3) is 17.1 Å². The summed E-state index contributed by atoms with van der Waals surface area (Å²) in [5.41, 5.74) is 0.998. The van der Waals surface area contributed by atoms with Crippen LogP contribution in [0.15, 0.2) is 53.8 Å². The number of alkyl halides is 3. The molecule has 0 unspecified atom stereocenters. The van der Waals surface area contributed by atoms with Crippen molar-refractivity contribution in [3.8, 4) is 17.1 Å². The Hall–Kier alpha value is -2.28. The molecule has 0 radical (unpaired) electrons. The van der Waals surface area contributed by atoms with E-state index in [4.69, 9.17) is 0 Å². The van der Waals surface area contributed by atoms with E-state index in [-0.39, 0.29) is 5.82 Å². The third-order valence-electron chi connectivity index (χ3n) is 3.26. The zero-order chi connectivity index (χ0) is 16.6. The van der Waals surface area contributed by atoms with E-state index in [1.54, 1.807) is 36.5 Å². The van der Waals surface area contributed by atoms with Gasteiger partial charge in [0.2, 0.25) is 0 Å². The highest BCUT2D eigenvalue weighted by Gasteiger charge is 2.35. The Morgan fingerprint density at radius 1 is 1.09 bits per heavy atom. The van der Waals surface area contributed by atoms with Crippen LogP contribution in [0.3, 0.4) is 0 Å². The van der Waals surface area contributed by atoms with E-state index in [0.29, 0.717) is 11.3 Å². The first-order chi connectivity index (χ1) is 10.8. The van der Waals surface area contributed by atoms with Crippen molar-refractivity contribution in [2.75, 3.05) is 0 Å². The minimum atomic E-state index is -4.51. The molecule has 0 saturated heterocycles. The number of hydrogen-bond donors (Lipinski definition) is 1. The van der Waals surface area contributed by atoms with E-state index in [0.717, 1.165) is 16.7 Å². The van der Waals surface area contributed by atoms with Crippen LogP contribution in [0.5, 0.6) is 0 Å². The lowest BCUT2D eigenvalue weighted by Gasteiger charge is -2.08. The molecule has 0 bridgehead atoms. The van der Waals surface area contributed by atoms with Gasteiger partial charge in [0.1, 0.15) is 5.82 Å². The monoisotopic (exact) mass is 335 g/mol. The molecule has 1 aromatic carbocycles. The molecule has 0 fully saturated rings. The predicted octanol–water partition coefficient (Wildman–Crippen LogP) is 4.55. The quantitative estimate of drug-likeness (QED) is 0.697. The molecule has 0 aliphatic heterocycles. The maximum atomic E-state index is 13.1. The Kier molecular flexibility index (Phi) is 3.89. The molecule has 3 nitrogen and oxygen atoms in total. The van der Waals surface area contributed by atoms with E-state index in [1.165, 1.54) is 10.8 Å². The summed E-state index contributed by atoms with van der Waals surface area (Å²) in [4.78, 5) is 8.53.